The van der Waals surface area contributed by atoms with Crippen LogP contribution in [0.25, 0.3) is 11.2 Å². The summed E-state index contributed by atoms with van der Waals surface area (Å²) in [6.45, 7) is 0.296. The lowest BCUT2D eigenvalue weighted by molar-refractivity contribution is 0.606. The van der Waals surface area contributed by atoms with E-state index >= 15 is 0 Å². The zero-order valence-corrected chi connectivity index (χ0v) is 9.26. The van der Waals surface area contributed by atoms with Crippen molar-refractivity contribution >= 4 is 17.1 Å². The lowest BCUT2D eigenvalue weighted by Gasteiger charge is -2.04. The molecule has 0 radical (unpaired) electrons. The van der Waals surface area contributed by atoms with E-state index in [4.69, 9.17) is 0 Å². The van der Waals surface area contributed by atoms with Crippen molar-refractivity contribution in [3.63, 3.8) is 0 Å². The molecule has 90 valence electrons. The lowest BCUT2D eigenvalue weighted by atomic mass is 10.2. The summed E-state index contributed by atoms with van der Waals surface area (Å²) in [6.07, 6.45) is 5.89. The number of nitrogens with one attached hydrogen (secondary N) is 2. The fraction of sp³-hybridized carbons (Fsp3) is 0.0909. The average Bonchev–Trinajstić information content (AvgIpc) is 2.85. The number of fused-ring (bicyclic) bond motifs is 1. The Labute approximate surface area is 101 Å². The molecule has 0 unspecified atom stereocenters. The predicted molar refractivity (Wildman–Crippen MR) is 63.2 cm³/mol. The van der Waals surface area contributed by atoms with Crippen molar-refractivity contribution < 1.29 is 4.39 Å². The van der Waals surface area contributed by atoms with E-state index in [9.17, 15) is 4.39 Å². The lowest BCUT2D eigenvalue weighted by Crippen LogP contribution is -2.05. The minimum absolute atomic E-state index is 0.296. The number of hydrogen-bond donors (Lipinski definition) is 2. The number of nitrogens with zero attached hydrogens (tertiary/aromatic N) is 4. The smallest absolute Gasteiger partial charge is 0.225 e. The molecule has 0 saturated heterocycles. The van der Waals surface area contributed by atoms with E-state index in [1.807, 2.05) is 0 Å². The number of H-pyrrole nitrogens is 1. The summed E-state index contributed by atoms with van der Waals surface area (Å²) in [7, 11) is 0. The summed E-state index contributed by atoms with van der Waals surface area (Å²) in [5.41, 5.74) is 1.84. The van der Waals surface area contributed by atoms with Gasteiger partial charge in [0.05, 0.1) is 18.7 Å². The van der Waals surface area contributed by atoms with Gasteiger partial charge >= 0.3 is 0 Å². The minimum Gasteiger partial charge on any atom is -0.350 e. The van der Waals surface area contributed by atoms with Crippen LogP contribution in [-0.2, 0) is 6.54 Å². The van der Waals surface area contributed by atoms with E-state index in [0.29, 0.717) is 23.7 Å². The highest BCUT2D eigenvalue weighted by Crippen LogP contribution is 2.10. The molecule has 0 fully saturated rings. The van der Waals surface area contributed by atoms with Crippen LogP contribution in [0.2, 0.25) is 0 Å². The molecule has 3 aromatic heterocycles. The van der Waals surface area contributed by atoms with Gasteiger partial charge in [0.15, 0.2) is 5.65 Å². The van der Waals surface area contributed by atoms with Crippen LogP contribution in [0.1, 0.15) is 5.56 Å². The number of imidazole rings is 1. The molecule has 0 bridgehead atoms. The fourth-order valence-corrected chi connectivity index (χ4v) is 1.54. The SMILES string of the molecule is Fc1cnccc1CNc1ncc2[nH]cnc2n1. The highest BCUT2D eigenvalue weighted by molar-refractivity contribution is 5.69. The summed E-state index contributed by atoms with van der Waals surface area (Å²) in [5, 5.41) is 2.94. The highest BCUT2D eigenvalue weighted by atomic mass is 19.1. The van der Waals surface area contributed by atoms with Crippen molar-refractivity contribution in [3.8, 4) is 0 Å². The maximum Gasteiger partial charge on any atom is 0.225 e. The number of halogens is 1. The molecule has 0 amide bonds. The van der Waals surface area contributed by atoms with Crippen molar-refractivity contribution in [1.82, 2.24) is 24.9 Å². The topological polar surface area (TPSA) is 79.4 Å². The number of hydrogen-bond acceptors (Lipinski definition) is 5. The summed E-state index contributed by atoms with van der Waals surface area (Å²) < 4.78 is 13.3. The molecule has 18 heavy (non-hydrogen) atoms. The zero-order valence-electron chi connectivity index (χ0n) is 9.26. The number of aromatic nitrogens is 5. The van der Waals surface area contributed by atoms with Crippen molar-refractivity contribution in [2.75, 3.05) is 5.32 Å². The van der Waals surface area contributed by atoms with Gasteiger partial charge in [0, 0.05) is 18.3 Å². The van der Waals surface area contributed by atoms with Crippen LogP contribution < -0.4 is 5.32 Å². The van der Waals surface area contributed by atoms with Gasteiger partial charge in [-0.1, -0.05) is 0 Å². The first kappa shape index (κ1) is 10.6. The van der Waals surface area contributed by atoms with Gasteiger partial charge in [-0.3, -0.25) is 4.98 Å². The van der Waals surface area contributed by atoms with Crippen LogP contribution in [0.15, 0.2) is 31.0 Å². The third-order valence-corrected chi connectivity index (χ3v) is 2.47. The van der Waals surface area contributed by atoms with Gasteiger partial charge in [0.25, 0.3) is 0 Å². The Bertz CT molecular complexity index is 680. The Morgan fingerprint density at radius 3 is 3.11 bits per heavy atom. The standard InChI is InChI=1S/C11H9FN6/c12-8-4-13-2-1-7(8)3-14-11-15-5-9-10(18-11)17-6-16-9/h1-2,4-6H,3H2,(H2,14,15,16,17,18). The molecule has 0 aliphatic rings. The van der Waals surface area contributed by atoms with Crippen LogP contribution in [0.4, 0.5) is 10.3 Å². The maximum absolute atomic E-state index is 13.3. The average molecular weight is 244 g/mol. The first-order valence-corrected chi connectivity index (χ1v) is 5.31. The molecule has 3 heterocycles. The van der Waals surface area contributed by atoms with Crippen LogP contribution in [0, 0.1) is 5.82 Å². The van der Waals surface area contributed by atoms with Crippen molar-refractivity contribution in [2.24, 2.45) is 0 Å². The van der Waals surface area contributed by atoms with Gasteiger partial charge < -0.3 is 10.3 Å². The summed E-state index contributed by atoms with van der Waals surface area (Å²) >= 11 is 0. The fourth-order valence-electron chi connectivity index (χ4n) is 1.54. The molecule has 0 spiro atoms. The summed E-state index contributed by atoms with van der Waals surface area (Å²) in [4.78, 5) is 18.9. The highest BCUT2D eigenvalue weighted by Gasteiger charge is 2.04. The first-order valence-electron chi connectivity index (χ1n) is 5.31. The van der Waals surface area contributed by atoms with Crippen molar-refractivity contribution in [2.45, 2.75) is 6.54 Å². The molecule has 0 aliphatic carbocycles. The van der Waals surface area contributed by atoms with Gasteiger partial charge in [-0.05, 0) is 6.07 Å². The Kier molecular flexibility index (Phi) is 2.56. The third kappa shape index (κ3) is 1.97. The van der Waals surface area contributed by atoms with Gasteiger partial charge in [-0.25, -0.2) is 14.4 Å². The van der Waals surface area contributed by atoms with E-state index in [-0.39, 0.29) is 5.82 Å². The number of anilines is 1. The number of rotatable bonds is 3. The quantitative estimate of drug-likeness (QED) is 0.729. The van der Waals surface area contributed by atoms with E-state index < -0.39 is 0 Å². The molecule has 3 rings (SSSR count). The molecule has 0 atom stereocenters. The molecule has 2 N–H and O–H groups in total. The van der Waals surface area contributed by atoms with Gasteiger partial charge in [0.2, 0.25) is 5.95 Å². The summed E-state index contributed by atoms with van der Waals surface area (Å²) in [6, 6.07) is 1.61. The monoisotopic (exact) mass is 244 g/mol. The Morgan fingerprint density at radius 1 is 1.28 bits per heavy atom. The maximum atomic E-state index is 13.3. The second-order valence-corrected chi connectivity index (χ2v) is 3.65. The zero-order chi connectivity index (χ0) is 12.4. The molecular formula is C11H9FN6. The van der Waals surface area contributed by atoms with Crippen molar-refractivity contribution in [3.05, 3.63) is 42.4 Å². The van der Waals surface area contributed by atoms with Crippen molar-refractivity contribution in [1.29, 1.82) is 0 Å². The molecule has 3 aromatic rings. The number of pyridine rings is 1. The molecule has 0 aliphatic heterocycles. The van der Waals surface area contributed by atoms with Crippen LogP contribution in [0.3, 0.4) is 0 Å². The normalized spacial score (nSPS) is 10.7. The molecule has 0 saturated carbocycles. The molecular weight excluding hydrogens is 235 g/mol. The van der Waals surface area contributed by atoms with E-state index in [1.165, 1.54) is 12.4 Å². The number of aromatic amines is 1. The van der Waals surface area contributed by atoms with Crippen LogP contribution >= 0.6 is 0 Å². The predicted octanol–water partition coefficient (Wildman–Crippen LogP) is 1.50. The Hall–Kier alpha value is -2.57. The molecule has 7 heteroatoms. The van der Waals surface area contributed by atoms with Gasteiger partial charge in [-0.2, -0.15) is 4.98 Å². The van der Waals surface area contributed by atoms with E-state index in [2.05, 4.69) is 30.2 Å². The first-order chi connectivity index (χ1) is 8.83. The van der Waals surface area contributed by atoms with Gasteiger partial charge in [0.1, 0.15) is 11.3 Å². The Balaban J connectivity index is 1.78. The van der Waals surface area contributed by atoms with Crippen LogP contribution in [-0.4, -0.2) is 24.9 Å². The Morgan fingerprint density at radius 2 is 2.22 bits per heavy atom. The second kappa shape index (κ2) is 4.36. The van der Waals surface area contributed by atoms with Crippen LogP contribution in [0.5, 0.6) is 0 Å². The third-order valence-electron chi connectivity index (χ3n) is 2.47. The largest absolute Gasteiger partial charge is 0.350 e. The minimum atomic E-state index is -0.356. The summed E-state index contributed by atoms with van der Waals surface area (Å²) in [5.74, 6) is 0.0525. The molecule has 0 aromatic carbocycles. The van der Waals surface area contributed by atoms with E-state index in [1.54, 1.807) is 18.6 Å². The second-order valence-electron chi connectivity index (χ2n) is 3.65. The molecule has 6 nitrogen and oxygen atoms in total. The van der Waals surface area contributed by atoms with Gasteiger partial charge in [-0.15, -0.1) is 0 Å². The van der Waals surface area contributed by atoms with E-state index in [0.717, 1.165) is 5.52 Å².